The maximum absolute atomic E-state index is 12.0. The first-order valence-electron chi connectivity index (χ1n) is 7.98. The van der Waals surface area contributed by atoms with Gasteiger partial charge in [-0.25, -0.2) is 0 Å². The molecule has 0 aromatic rings. The van der Waals surface area contributed by atoms with E-state index < -0.39 is 17.9 Å². The SMILES string of the molecule is CCCCCCCC(=O)NC(CC(N)=O)C(=O)NC(C)CN. The molecule has 128 valence electrons. The third-order valence-corrected chi connectivity index (χ3v) is 3.31. The lowest BCUT2D eigenvalue weighted by molar-refractivity contribution is -0.131. The Bertz CT molecular complexity index is 361. The maximum atomic E-state index is 12.0. The van der Waals surface area contributed by atoms with Crippen molar-refractivity contribution >= 4 is 17.7 Å². The molecule has 2 atom stereocenters. The summed E-state index contributed by atoms with van der Waals surface area (Å²) in [6, 6.07) is -1.16. The van der Waals surface area contributed by atoms with E-state index in [1.807, 2.05) is 0 Å². The van der Waals surface area contributed by atoms with E-state index in [0.29, 0.717) is 6.42 Å². The molecular weight excluding hydrogens is 284 g/mol. The molecular formula is C15H30N4O3. The van der Waals surface area contributed by atoms with Crippen molar-refractivity contribution in [3.05, 3.63) is 0 Å². The van der Waals surface area contributed by atoms with Gasteiger partial charge in [-0.3, -0.25) is 14.4 Å². The molecule has 0 spiro atoms. The second-order valence-corrected chi connectivity index (χ2v) is 5.60. The number of hydrogen-bond acceptors (Lipinski definition) is 4. The highest BCUT2D eigenvalue weighted by Gasteiger charge is 2.23. The minimum absolute atomic E-state index is 0.218. The molecule has 0 aromatic carbocycles. The largest absolute Gasteiger partial charge is 0.370 e. The molecule has 0 bridgehead atoms. The third-order valence-electron chi connectivity index (χ3n) is 3.31. The number of amides is 3. The standard InChI is InChI=1S/C15H30N4O3/c1-3-4-5-6-7-8-14(21)19-12(9-13(17)20)15(22)18-11(2)10-16/h11-12H,3-10,16H2,1-2H3,(H2,17,20)(H,18,22)(H,19,21). The Morgan fingerprint density at radius 1 is 1.05 bits per heavy atom. The Morgan fingerprint density at radius 3 is 2.23 bits per heavy atom. The van der Waals surface area contributed by atoms with E-state index >= 15 is 0 Å². The summed E-state index contributed by atoms with van der Waals surface area (Å²) >= 11 is 0. The van der Waals surface area contributed by atoms with Gasteiger partial charge < -0.3 is 22.1 Å². The fourth-order valence-corrected chi connectivity index (χ4v) is 1.97. The highest BCUT2D eigenvalue weighted by atomic mass is 16.2. The van der Waals surface area contributed by atoms with Crippen LogP contribution >= 0.6 is 0 Å². The zero-order chi connectivity index (χ0) is 17.0. The van der Waals surface area contributed by atoms with Gasteiger partial charge in [0.2, 0.25) is 17.7 Å². The average molecular weight is 314 g/mol. The number of carbonyl (C=O) groups is 3. The van der Waals surface area contributed by atoms with Crippen LogP contribution in [0.5, 0.6) is 0 Å². The van der Waals surface area contributed by atoms with Crippen LogP contribution in [0.2, 0.25) is 0 Å². The van der Waals surface area contributed by atoms with Crippen molar-refractivity contribution < 1.29 is 14.4 Å². The topological polar surface area (TPSA) is 127 Å². The lowest BCUT2D eigenvalue weighted by Gasteiger charge is -2.19. The summed E-state index contributed by atoms with van der Waals surface area (Å²) in [7, 11) is 0. The Labute approximate surface area is 132 Å². The van der Waals surface area contributed by atoms with Crippen LogP contribution < -0.4 is 22.1 Å². The quantitative estimate of drug-likeness (QED) is 0.383. The minimum atomic E-state index is -0.936. The smallest absolute Gasteiger partial charge is 0.243 e. The molecule has 6 N–H and O–H groups in total. The van der Waals surface area contributed by atoms with Crippen molar-refractivity contribution in [3.8, 4) is 0 Å². The predicted molar refractivity (Wildman–Crippen MR) is 85.8 cm³/mol. The first-order chi connectivity index (χ1) is 10.4. The van der Waals surface area contributed by atoms with Gasteiger partial charge in [-0.15, -0.1) is 0 Å². The van der Waals surface area contributed by atoms with Gasteiger partial charge in [0, 0.05) is 19.0 Å². The van der Waals surface area contributed by atoms with E-state index in [2.05, 4.69) is 17.6 Å². The molecule has 0 saturated carbocycles. The molecule has 2 unspecified atom stereocenters. The van der Waals surface area contributed by atoms with Crippen LogP contribution in [0.25, 0.3) is 0 Å². The Balaban J connectivity index is 4.30. The first kappa shape index (κ1) is 20.4. The molecule has 0 aliphatic rings. The highest BCUT2D eigenvalue weighted by molar-refractivity contribution is 5.91. The van der Waals surface area contributed by atoms with Crippen molar-refractivity contribution in [3.63, 3.8) is 0 Å². The van der Waals surface area contributed by atoms with Gasteiger partial charge in [-0.05, 0) is 13.3 Å². The number of carbonyl (C=O) groups excluding carboxylic acids is 3. The van der Waals surface area contributed by atoms with Crippen LogP contribution in [-0.4, -0.2) is 36.3 Å². The summed E-state index contributed by atoms with van der Waals surface area (Å²) in [4.78, 5) is 34.9. The molecule has 0 rings (SSSR count). The Hall–Kier alpha value is -1.63. The van der Waals surface area contributed by atoms with Crippen molar-refractivity contribution in [2.24, 2.45) is 11.5 Å². The number of unbranched alkanes of at least 4 members (excludes halogenated alkanes) is 4. The van der Waals surface area contributed by atoms with Crippen LogP contribution in [0.15, 0.2) is 0 Å². The summed E-state index contributed by atoms with van der Waals surface area (Å²) in [6.45, 7) is 4.15. The molecule has 7 nitrogen and oxygen atoms in total. The van der Waals surface area contributed by atoms with Crippen LogP contribution in [0.4, 0.5) is 0 Å². The molecule has 0 saturated heterocycles. The summed E-state index contributed by atoms with van der Waals surface area (Å²) in [6.07, 6.45) is 5.29. The normalized spacial score (nSPS) is 13.2. The summed E-state index contributed by atoms with van der Waals surface area (Å²) < 4.78 is 0. The molecule has 3 amide bonds. The maximum Gasteiger partial charge on any atom is 0.243 e. The first-order valence-corrected chi connectivity index (χ1v) is 7.98. The van der Waals surface area contributed by atoms with Gasteiger partial charge in [0.05, 0.1) is 6.42 Å². The van der Waals surface area contributed by atoms with Crippen molar-refractivity contribution in [1.82, 2.24) is 10.6 Å². The van der Waals surface area contributed by atoms with Gasteiger partial charge in [-0.2, -0.15) is 0 Å². The zero-order valence-electron chi connectivity index (χ0n) is 13.7. The van der Waals surface area contributed by atoms with Crippen molar-refractivity contribution in [2.45, 2.75) is 70.9 Å². The van der Waals surface area contributed by atoms with E-state index in [4.69, 9.17) is 11.5 Å². The number of hydrogen-bond donors (Lipinski definition) is 4. The second-order valence-electron chi connectivity index (χ2n) is 5.60. The van der Waals surface area contributed by atoms with Crippen LogP contribution in [-0.2, 0) is 14.4 Å². The van der Waals surface area contributed by atoms with Crippen LogP contribution in [0.1, 0.15) is 58.8 Å². The number of rotatable bonds is 12. The van der Waals surface area contributed by atoms with Gasteiger partial charge in [0.1, 0.15) is 6.04 Å². The summed E-state index contributed by atoms with van der Waals surface area (Å²) in [5.74, 6) is -1.31. The van der Waals surface area contributed by atoms with Gasteiger partial charge >= 0.3 is 0 Å². The number of nitrogens with two attached hydrogens (primary N) is 2. The second kappa shape index (κ2) is 12.0. The van der Waals surface area contributed by atoms with Crippen molar-refractivity contribution in [2.75, 3.05) is 6.54 Å². The van der Waals surface area contributed by atoms with Gasteiger partial charge in [0.25, 0.3) is 0 Å². The molecule has 0 aliphatic carbocycles. The van der Waals surface area contributed by atoms with Crippen LogP contribution in [0.3, 0.4) is 0 Å². The van der Waals surface area contributed by atoms with E-state index in [0.717, 1.165) is 32.1 Å². The van der Waals surface area contributed by atoms with E-state index in [-0.39, 0.29) is 24.9 Å². The molecule has 22 heavy (non-hydrogen) atoms. The molecule has 0 heterocycles. The summed E-state index contributed by atoms with van der Waals surface area (Å²) in [5.41, 5.74) is 10.6. The number of primary amides is 1. The molecule has 0 aliphatic heterocycles. The molecule has 0 radical (unpaired) electrons. The lowest BCUT2D eigenvalue weighted by Crippen LogP contribution is -2.51. The Morgan fingerprint density at radius 2 is 1.68 bits per heavy atom. The van der Waals surface area contributed by atoms with Gasteiger partial charge in [-0.1, -0.05) is 32.6 Å². The fraction of sp³-hybridized carbons (Fsp3) is 0.800. The summed E-state index contributed by atoms with van der Waals surface area (Å²) in [5, 5.41) is 5.21. The molecule has 0 aromatic heterocycles. The van der Waals surface area contributed by atoms with Crippen molar-refractivity contribution in [1.29, 1.82) is 0 Å². The van der Waals surface area contributed by atoms with Gasteiger partial charge in [0.15, 0.2) is 0 Å². The monoisotopic (exact) mass is 314 g/mol. The predicted octanol–water partition coefficient (Wildman–Crippen LogP) is 0.171. The third kappa shape index (κ3) is 10.1. The zero-order valence-corrected chi connectivity index (χ0v) is 13.7. The number of nitrogens with one attached hydrogen (secondary N) is 2. The molecule has 7 heteroatoms. The van der Waals surface area contributed by atoms with E-state index in [9.17, 15) is 14.4 Å². The lowest BCUT2D eigenvalue weighted by atomic mass is 10.1. The minimum Gasteiger partial charge on any atom is -0.370 e. The van der Waals surface area contributed by atoms with E-state index in [1.165, 1.54) is 0 Å². The van der Waals surface area contributed by atoms with E-state index in [1.54, 1.807) is 6.92 Å². The van der Waals surface area contributed by atoms with Crippen LogP contribution in [0, 0.1) is 0 Å². The average Bonchev–Trinajstić information content (AvgIpc) is 2.45. The Kier molecular flexibility index (Phi) is 11.1. The fourth-order valence-electron chi connectivity index (χ4n) is 1.97. The highest BCUT2D eigenvalue weighted by Crippen LogP contribution is 2.05. The molecule has 0 fully saturated rings.